The Morgan fingerprint density at radius 1 is 0.871 bits per heavy atom. The fourth-order valence-electron chi connectivity index (χ4n) is 4.76. The van der Waals surface area contributed by atoms with Crippen molar-refractivity contribution in [3.05, 3.63) is 48.2 Å². The molecule has 2 fully saturated rings. The smallest absolute Gasteiger partial charge is 0.242 e. The predicted octanol–water partition coefficient (Wildman–Crippen LogP) is 7.39. The summed E-state index contributed by atoms with van der Waals surface area (Å²) in [6.45, 7) is 0. The Bertz CT molecular complexity index is 851. The summed E-state index contributed by atoms with van der Waals surface area (Å²) in [4.78, 5) is 15.3. The van der Waals surface area contributed by atoms with Crippen molar-refractivity contribution in [3.8, 4) is 11.3 Å². The molecule has 1 unspecified atom stereocenters. The van der Waals surface area contributed by atoms with E-state index < -0.39 is 0 Å². The normalized spacial score (nSPS) is 22.3. The van der Waals surface area contributed by atoms with Crippen molar-refractivity contribution in [2.24, 2.45) is 0 Å². The maximum atomic E-state index is 13.3. The van der Waals surface area contributed by atoms with Gasteiger partial charge in [-0.1, -0.05) is 112 Å². The molecule has 2 aliphatic rings. The SMILES string of the molecule is O=C1C(Cc2ccc(-c3ccccc3)o2)SC(=S)N1C1CCCCCCCCCCC1. The zero-order chi connectivity index (χ0) is 21.5. The Kier molecular flexibility index (Phi) is 8.26. The third-order valence-corrected chi connectivity index (χ3v) is 8.04. The number of thioether (sulfide) groups is 1. The van der Waals surface area contributed by atoms with Gasteiger partial charge in [0, 0.05) is 18.0 Å². The summed E-state index contributed by atoms with van der Waals surface area (Å²) in [6.07, 6.45) is 14.5. The molecule has 166 valence electrons. The van der Waals surface area contributed by atoms with E-state index in [0.29, 0.717) is 6.42 Å². The second-order valence-corrected chi connectivity index (χ2v) is 10.7. The fraction of sp³-hybridized carbons (Fsp3) is 0.538. The summed E-state index contributed by atoms with van der Waals surface area (Å²) in [6, 6.07) is 14.4. The Balaban J connectivity index is 1.39. The predicted molar refractivity (Wildman–Crippen MR) is 133 cm³/mol. The van der Waals surface area contributed by atoms with Gasteiger partial charge in [0.1, 0.15) is 15.8 Å². The van der Waals surface area contributed by atoms with Crippen molar-refractivity contribution in [1.29, 1.82) is 0 Å². The van der Waals surface area contributed by atoms with E-state index in [0.717, 1.165) is 34.2 Å². The Morgan fingerprint density at radius 3 is 2.13 bits per heavy atom. The molecular formula is C26H33NO2S2. The average Bonchev–Trinajstić information content (AvgIpc) is 3.34. The molecule has 1 saturated heterocycles. The van der Waals surface area contributed by atoms with Crippen molar-refractivity contribution in [2.45, 2.75) is 88.3 Å². The summed E-state index contributed by atoms with van der Waals surface area (Å²) >= 11 is 7.25. The summed E-state index contributed by atoms with van der Waals surface area (Å²) in [7, 11) is 0. The highest BCUT2D eigenvalue weighted by atomic mass is 32.2. The number of benzene rings is 1. The number of rotatable bonds is 4. The number of thiocarbonyl (C=S) groups is 1. The van der Waals surface area contributed by atoms with E-state index in [1.165, 1.54) is 57.8 Å². The second kappa shape index (κ2) is 11.3. The maximum Gasteiger partial charge on any atom is 0.242 e. The summed E-state index contributed by atoms with van der Waals surface area (Å²) in [5.74, 6) is 1.89. The number of nitrogens with zero attached hydrogens (tertiary/aromatic N) is 1. The van der Waals surface area contributed by atoms with Crippen LogP contribution in [-0.2, 0) is 11.2 Å². The first-order valence-corrected chi connectivity index (χ1v) is 13.2. The third-order valence-electron chi connectivity index (χ3n) is 6.50. The number of furan rings is 1. The van der Waals surface area contributed by atoms with Gasteiger partial charge in [0.2, 0.25) is 5.91 Å². The third kappa shape index (κ3) is 6.01. The number of amides is 1. The molecule has 0 N–H and O–H groups in total. The molecule has 2 heterocycles. The number of carbonyl (C=O) groups excluding carboxylic acids is 1. The van der Waals surface area contributed by atoms with Crippen LogP contribution < -0.4 is 0 Å². The molecule has 4 rings (SSSR count). The van der Waals surface area contributed by atoms with Crippen LogP contribution in [0.25, 0.3) is 11.3 Å². The lowest BCUT2D eigenvalue weighted by atomic mass is 9.97. The molecule has 0 spiro atoms. The van der Waals surface area contributed by atoms with Crippen molar-refractivity contribution in [1.82, 2.24) is 4.90 Å². The summed E-state index contributed by atoms with van der Waals surface area (Å²) in [5, 5.41) is -0.163. The monoisotopic (exact) mass is 455 g/mol. The molecule has 1 aromatic carbocycles. The van der Waals surface area contributed by atoms with Gasteiger partial charge in [0.15, 0.2) is 0 Å². The van der Waals surface area contributed by atoms with Crippen LogP contribution in [0.1, 0.15) is 76.4 Å². The molecule has 5 heteroatoms. The van der Waals surface area contributed by atoms with Crippen LogP contribution in [0.4, 0.5) is 0 Å². The minimum atomic E-state index is -0.163. The van der Waals surface area contributed by atoms with Gasteiger partial charge < -0.3 is 4.42 Å². The lowest BCUT2D eigenvalue weighted by Crippen LogP contribution is -2.41. The quantitative estimate of drug-likeness (QED) is 0.450. The fourth-order valence-corrected chi connectivity index (χ4v) is 6.41. The van der Waals surface area contributed by atoms with Crippen LogP contribution in [0.5, 0.6) is 0 Å². The van der Waals surface area contributed by atoms with Crippen molar-refractivity contribution in [3.63, 3.8) is 0 Å². The van der Waals surface area contributed by atoms with E-state index in [9.17, 15) is 4.79 Å². The van der Waals surface area contributed by atoms with Gasteiger partial charge in [-0.15, -0.1) is 0 Å². The van der Waals surface area contributed by atoms with E-state index in [2.05, 4.69) is 0 Å². The topological polar surface area (TPSA) is 33.5 Å². The lowest BCUT2D eigenvalue weighted by Gasteiger charge is -2.28. The first kappa shape index (κ1) is 22.6. The first-order chi connectivity index (χ1) is 15.2. The van der Waals surface area contributed by atoms with Crippen LogP contribution in [0.15, 0.2) is 46.9 Å². The van der Waals surface area contributed by atoms with Gasteiger partial charge in [-0.3, -0.25) is 9.69 Å². The molecule has 1 aliphatic carbocycles. The number of carbonyl (C=O) groups is 1. The number of hydrogen-bond donors (Lipinski definition) is 0. The Hall–Kier alpha value is -1.59. The van der Waals surface area contributed by atoms with Gasteiger partial charge in [-0.25, -0.2) is 0 Å². The molecule has 1 atom stereocenters. The summed E-state index contributed by atoms with van der Waals surface area (Å²) < 4.78 is 6.83. The molecular weight excluding hydrogens is 422 g/mol. The molecule has 1 saturated carbocycles. The van der Waals surface area contributed by atoms with Gasteiger partial charge in [-0.2, -0.15) is 0 Å². The zero-order valence-electron chi connectivity index (χ0n) is 18.3. The van der Waals surface area contributed by atoms with Gasteiger partial charge in [0.25, 0.3) is 0 Å². The van der Waals surface area contributed by atoms with Crippen molar-refractivity contribution >= 4 is 34.2 Å². The van der Waals surface area contributed by atoms with E-state index in [1.54, 1.807) is 11.8 Å². The minimum Gasteiger partial charge on any atom is -0.461 e. The highest BCUT2D eigenvalue weighted by Gasteiger charge is 2.40. The second-order valence-electron chi connectivity index (χ2n) is 8.83. The Morgan fingerprint density at radius 2 is 1.48 bits per heavy atom. The molecule has 1 aliphatic heterocycles. The van der Waals surface area contributed by atoms with E-state index in [1.807, 2.05) is 47.4 Å². The molecule has 1 aromatic heterocycles. The number of hydrogen-bond acceptors (Lipinski definition) is 4. The first-order valence-electron chi connectivity index (χ1n) is 11.9. The van der Waals surface area contributed by atoms with Crippen molar-refractivity contribution in [2.75, 3.05) is 0 Å². The van der Waals surface area contributed by atoms with Gasteiger partial charge in [0.05, 0.1) is 5.25 Å². The van der Waals surface area contributed by atoms with E-state index in [4.69, 9.17) is 16.6 Å². The van der Waals surface area contributed by atoms with Gasteiger partial charge >= 0.3 is 0 Å². The molecule has 31 heavy (non-hydrogen) atoms. The summed E-state index contributed by atoms with van der Waals surface area (Å²) in [5.41, 5.74) is 1.06. The highest BCUT2D eigenvalue weighted by Crippen LogP contribution is 2.35. The zero-order valence-corrected chi connectivity index (χ0v) is 19.9. The van der Waals surface area contributed by atoms with Crippen LogP contribution in [0.2, 0.25) is 0 Å². The Labute approximate surface area is 196 Å². The van der Waals surface area contributed by atoms with Crippen LogP contribution in [-0.4, -0.2) is 26.4 Å². The van der Waals surface area contributed by atoms with Crippen LogP contribution in [0.3, 0.4) is 0 Å². The van der Waals surface area contributed by atoms with E-state index >= 15 is 0 Å². The molecule has 1 amide bonds. The highest BCUT2D eigenvalue weighted by molar-refractivity contribution is 8.24. The average molecular weight is 456 g/mol. The minimum absolute atomic E-state index is 0.163. The molecule has 3 nitrogen and oxygen atoms in total. The van der Waals surface area contributed by atoms with Crippen molar-refractivity contribution < 1.29 is 9.21 Å². The van der Waals surface area contributed by atoms with Crippen LogP contribution >= 0.6 is 24.0 Å². The molecule has 0 bridgehead atoms. The standard InChI is InChI=1S/C26H33NO2S2/c28-25-24(19-22-17-18-23(29-22)20-13-9-8-10-14-20)31-26(30)27(25)21-15-11-6-4-2-1-3-5-7-12-16-21/h8-10,13-14,17-18,21,24H,1-7,11-12,15-16,19H2. The molecule has 2 aromatic rings. The van der Waals surface area contributed by atoms with Crippen LogP contribution in [0, 0.1) is 0 Å². The maximum absolute atomic E-state index is 13.3. The van der Waals surface area contributed by atoms with Gasteiger partial charge in [-0.05, 0) is 25.0 Å². The lowest BCUT2D eigenvalue weighted by molar-refractivity contribution is -0.127. The largest absolute Gasteiger partial charge is 0.461 e. The van der Waals surface area contributed by atoms with E-state index in [-0.39, 0.29) is 17.2 Å². The molecule has 0 radical (unpaired) electrons.